The maximum Gasteiger partial charge on any atom is 0.251 e. The monoisotopic (exact) mass is 477 g/mol. The van der Waals surface area contributed by atoms with Crippen LogP contribution in [0.4, 0.5) is 10.1 Å². The summed E-state index contributed by atoms with van der Waals surface area (Å²) in [6.07, 6.45) is 0. The van der Waals surface area contributed by atoms with Gasteiger partial charge in [-0.1, -0.05) is 23.4 Å². The van der Waals surface area contributed by atoms with Crippen molar-refractivity contribution in [2.24, 2.45) is 7.05 Å². The fourth-order valence-corrected chi connectivity index (χ4v) is 3.72. The molecule has 0 fully saturated rings. The summed E-state index contributed by atoms with van der Waals surface area (Å²) in [5, 5.41) is 14.2. The predicted molar refractivity (Wildman–Crippen MR) is 121 cm³/mol. The van der Waals surface area contributed by atoms with E-state index in [-0.39, 0.29) is 22.6 Å². The fraction of sp³-hybridized carbons (Fsp3) is 0.238. The third-order valence-electron chi connectivity index (χ3n) is 4.49. The Morgan fingerprint density at radius 3 is 2.59 bits per heavy atom. The van der Waals surface area contributed by atoms with E-state index in [9.17, 15) is 14.0 Å². The first kappa shape index (κ1) is 23.6. The number of nitrogens with zero attached hydrogens (tertiary/aromatic N) is 3. The van der Waals surface area contributed by atoms with Crippen molar-refractivity contribution in [3.8, 4) is 5.75 Å². The molecule has 32 heavy (non-hydrogen) atoms. The second-order valence-electron chi connectivity index (χ2n) is 6.79. The quantitative estimate of drug-likeness (QED) is 0.478. The van der Waals surface area contributed by atoms with Gasteiger partial charge >= 0.3 is 0 Å². The number of halogens is 2. The summed E-state index contributed by atoms with van der Waals surface area (Å²) in [5.41, 5.74) is 0.891. The molecule has 11 heteroatoms. The molecule has 0 radical (unpaired) electrons. The Bertz CT molecular complexity index is 1120. The lowest BCUT2D eigenvalue weighted by atomic mass is 10.2. The van der Waals surface area contributed by atoms with Crippen LogP contribution in [0.1, 0.15) is 29.1 Å². The molecule has 1 aromatic heterocycles. The number of methoxy groups -OCH3 is 1. The van der Waals surface area contributed by atoms with Crippen LogP contribution in [0.2, 0.25) is 5.02 Å². The fourth-order valence-electron chi connectivity index (χ4n) is 2.82. The summed E-state index contributed by atoms with van der Waals surface area (Å²) in [6.45, 7) is 1.80. The minimum Gasteiger partial charge on any atom is -0.497 e. The summed E-state index contributed by atoms with van der Waals surface area (Å²) >= 11 is 6.91. The number of carbonyl (C=O) groups is 2. The molecule has 0 bridgehead atoms. The Kier molecular flexibility index (Phi) is 7.70. The van der Waals surface area contributed by atoms with Crippen LogP contribution in [-0.2, 0) is 11.8 Å². The van der Waals surface area contributed by atoms with Crippen LogP contribution < -0.4 is 15.4 Å². The number of ether oxygens (including phenoxy) is 1. The Morgan fingerprint density at radius 2 is 1.94 bits per heavy atom. The van der Waals surface area contributed by atoms with Gasteiger partial charge in [0.2, 0.25) is 5.91 Å². The lowest BCUT2D eigenvalue weighted by molar-refractivity contribution is -0.113. The Morgan fingerprint density at radius 1 is 1.22 bits per heavy atom. The average Bonchev–Trinajstić information content (AvgIpc) is 3.15. The molecule has 168 valence electrons. The van der Waals surface area contributed by atoms with Crippen molar-refractivity contribution in [1.29, 1.82) is 0 Å². The van der Waals surface area contributed by atoms with Crippen LogP contribution in [-0.4, -0.2) is 39.4 Å². The minimum atomic E-state index is -0.557. The van der Waals surface area contributed by atoms with Crippen LogP contribution >= 0.6 is 23.4 Å². The summed E-state index contributed by atoms with van der Waals surface area (Å²) in [4.78, 5) is 24.7. The van der Waals surface area contributed by atoms with Crippen LogP contribution in [0.5, 0.6) is 5.75 Å². The molecule has 1 atom stereocenters. The molecule has 8 nitrogen and oxygen atoms in total. The zero-order valence-corrected chi connectivity index (χ0v) is 19.1. The minimum absolute atomic E-state index is 0.0631. The maximum atomic E-state index is 13.2. The highest BCUT2D eigenvalue weighted by molar-refractivity contribution is 7.99. The van der Waals surface area contributed by atoms with Gasteiger partial charge in [-0.05, 0) is 49.4 Å². The van der Waals surface area contributed by atoms with E-state index in [1.807, 2.05) is 0 Å². The Labute approximate surface area is 193 Å². The molecule has 2 aromatic carbocycles. The third kappa shape index (κ3) is 5.77. The van der Waals surface area contributed by atoms with Gasteiger partial charge in [0.25, 0.3) is 5.91 Å². The first-order valence-corrected chi connectivity index (χ1v) is 10.9. The maximum absolute atomic E-state index is 13.2. The molecular weight excluding hydrogens is 457 g/mol. The summed E-state index contributed by atoms with van der Waals surface area (Å²) in [7, 11) is 3.31. The van der Waals surface area contributed by atoms with E-state index in [0.717, 1.165) is 0 Å². The van der Waals surface area contributed by atoms with Crippen molar-refractivity contribution >= 4 is 40.9 Å². The summed E-state index contributed by atoms with van der Waals surface area (Å²) in [6, 6.07) is 10.3. The zero-order valence-electron chi connectivity index (χ0n) is 17.6. The van der Waals surface area contributed by atoms with E-state index in [1.54, 1.807) is 49.9 Å². The largest absolute Gasteiger partial charge is 0.497 e. The van der Waals surface area contributed by atoms with Crippen molar-refractivity contribution < 1.29 is 18.7 Å². The molecule has 1 heterocycles. The Balaban J connectivity index is 1.57. The lowest BCUT2D eigenvalue weighted by Gasteiger charge is -2.14. The molecule has 3 aromatic rings. The summed E-state index contributed by atoms with van der Waals surface area (Å²) in [5.74, 6) is 0.154. The number of thioether (sulfide) groups is 1. The van der Waals surface area contributed by atoms with Gasteiger partial charge in [-0.25, -0.2) is 4.39 Å². The molecule has 3 rings (SSSR count). The number of nitrogens with one attached hydrogen (secondary N) is 2. The second-order valence-corrected chi connectivity index (χ2v) is 8.14. The van der Waals surface area contributed by atoms with Gasteiger partial charge < -0.3 is 19.9 Å². The van der Waals surface area contributed by atoms with Crippen LogP contribution in [0.25, 0.3) is 0 Å². The first-order valence-electron chi connectivity index (χ1n) is 9.50. The van der Waals surface area contributed by atoms with Gasteiger partial charge in [0, 0.05) is 18.3 Å². The molecule has 0 unspecified atom stereocenters. The van der Waals surface area contributed by atoms with Gasteiger partial charge in [-0.15, -0.1) is 10.2 Å². The molecule has 0 aliphatic carbocycles. The normalized spacial score (nSPS) is 11.7. The second kappa shape index (κ2) is 10.5. The zero-order chi connectivity index (χ0) is 23.3. The van der Waals surface area contributed by atoms with E-state index < -0.39 is 11.9 Å². The number of anilines is 1. The van der Waals surface area contributed by atoms with E-state index in [2.05, 4.69) is 20.8 Å². The molecule has 2 N–H and O–H groups in total. The molecule has 0 saturated heterocycles. The van der Waals surface area contributed by atoms with Crippen LogP contribution in [0.3, 0.4) is 0 Å². The molecule has 2 amide bonds. The number of hydrogen-bond acceptors (Lipinski definition) is 6. The molecule has 0 aliphatic heterocycles. The van der Waals surface area contributed by atoms with Gasteiger partial charge in [-0.3, -0.25) is 9.59 Å². The molecule has 0 aliphatic rings. The molecule has 0 saturated carbocycles. The number of benzene rings is 2. The van der Waals surface area contributed by atoms with Crippen molar-refractivity contribution in [2.45, 2.75) is 18.1 Å². The Hall–Kier alpha value is -3.11. The highest BCUT2D eigenvalue weighted by Gasteiger charge is 2.19. The van der Waals surface area contributed by atoms with E-state index in [1.165, 1.54) is 30.0 Å². The van der Waals surface area contributed by atoms with Crippen molar-refractivity contribution in [3.63, 3.8) is 0 Å². The standard InChI is InChI=1S/C21H21ClFN5O3S/c1-12(24-20(30)13-4-7-15(31-3)8-5-13)19-26-27-21(28(19)2)32-11-18(29)25-14-6-9-17(23)16(22)10-14/h4-10,12H,11H2,1-3H3,(H,24,30)(H,25,29)/t12-/m1/s1. The van der Waals surface area contributed by atoms with Crippen molar-refractivity contribution in [3.05, 3.63) is 64.7 Å². The van der Waals surface area contributed by atoms with Crippen LogP contribution in [0.15, 0.2) is 47.6 Å². The van der Waals surface area contributed by atoms with Gasteiger partial charge in [0.1, 0.15) is 11.6 Å². The highest BCUT2D eigenvalue weighted by Crippen LogP contribution is 2.22. The van der Waals surface area contributed by atoms with E-state index in [0.29, 0.717) is 28.0 Å². The number of carbonyl (C=O) groups excluding carboxylic acids is 2. The average molecular weight is 478 g/mol. The van der Waals surface area contributed by atoms with Gasteiger partial charge in [-0.2, -0.15) is 0 Å². The van der Waals surface area contributed by atoms with Crippen molar-refractivity contribution in [1.82, 2.24) is 20.1 Å². The summed E-state index contributed by atoms with van der Waals surface area (Å²) < 4.78 is 20.0. The molecular formula is C21H21ClFN5O3S. The highest BCUT2D eigenvalue weighted by atomic mass is 35.5. The first-order chi connectivity index (χ1) is 15.3. The number of aromatic nitrogens is 3. The molecule has 0 spiro atoms. The van der Waals surface area contributed by atoms with Gasteiger partial charge in [0.05, 0.1) is 23.9 Å². The van der Waals surface area contributed by atoms with Gasteiger partial charge in [0.15, 0.2) is 11.0 Å². The number of hydrogen-bond donors (Lipinski definition) is 2. The number of rotatable bonds is 8. The third-order valence-corrected chi connectivity index (χ3v) is 5.80. The SMILES string of the molecule is COc1ccc(C(=O)N[C@H](C)c2nnc(SCC(=O)Nc3ccc(F)c(Cl)c3)n2C)cc1. The van der Waals surface area contributed by atoms with Crippen molar-refractivity contribution in [2.75, 3.05) is 18.2 Å². The smallest absolute Gasteiger partial charge is 0.251 e. The van der Waals surface area contributed by atoms with E-state index >= 15 is 0 Å². The predicted octanol–water partition coefficient (Wildman–Crippen LogP) is 3.84. The number of amides is 2. The van der Waals surface area contributed by atoms with Crippen LogP contribution in [0, 0.1) is 5.82 Å². The topological polar surface area (TPSA) is 98.1 Å². The lowest BCUT2D eigenvalue weighted by Crippen LogP contribution is -2.28. The van der Waals surface area contributed by atoms with E-state index in [4.69, 9.17) is 16.3 Å².